The number of carbonyl (C=O) groups excluding carboxylic acids is 1. The van der Waals surface area contributed by atoms with Crippen molar-refractivity contribution in [1.82, 2.24) is 4.90 Å². The first-order valence-corrected chi connectivity index (χ1v) is 8.98. The van der Waals surface area contributed by atoms with Crippen molar-refractivity contribution < 1.29 is 9.53 Å². The Kier molecular flexibility index (Phi) is 4.15. The SMILES string of the molecule is CN1CC2CCC1([C@](OC(N)=O)(c1ccccc1)C(C)(C)C)CC2. The molecule has 4 nitrogen and oxygen atoms in total. The molecule has 1 aromatic rings. The van der Waals surface area contributed by atoms with Crippen LogP contribution in [0.5, 0.6) is 0 Å². The number of primary amides is 1. The van der Waals surface area contributed by atoms with E-state index in [-0.39, 0.29) is 11.0 Å². The monoisotopic (exact) mass is 330 g/mol. The third-order valence-corrected chi connectivity index (χ3v) is 6.34. The Morgan fingerprint density at radius 3 is 2.25 bits per heavy atom. The molecule has 2 heterocycles. The lowest BCUT2D eigenvalue weighted by atomic mass is 9.53. The van der Waals surface area contributed by atoms with E-state index < -0.39 is 11.7 Å². The fraction of sp³-hybridized carbons (Fsp3) is 0.650. The van der Waals surface area contributed by atoms with Crippen LogP contribution in [0, 0.1) is 11.3 Å². The highest BCUT2D eigenvalue weighted by Crippen LogP contribution is 2.60. The van der Waals surface area contributed by atoms with Crippen molar-refractivity contribution >= 4 is 6.09 Å². The molecule has 4 heteroatoms. The first-order valence-electron chi connectivity index (χ1n) is 8.98. The van der Waals surface area contributed by atoms with Crippen molar-refractivity contribution in [3.8, 4) is 0 Å². The first-order chi connectivity index (χ1) is 11.2. The average molecular weight is 330 g/mol. The number of amides is 1. The van der Waals surface area contributed by atoms with Crippen LogP contribution in [-0.4, -0.2) is 30.1 Å². The third kappa shape index (κ3) is 2.34. The number of likely N-dealkylation sites (N-methyl/N-ethyl adjacent to an activating group) is 1. The Morgan fingerprint density at radius 1 is 1.21 bits per heavy atom. The van der Waals surface area contributed by atoms with Crippen LogP contribution < -0.4 is 5.73 Å². The fourth-order valence-electron chi connectivity index (χ4n) is 5.43. The van der Waals surface area contributed by atoms with Gasteiger partial charge in [-0.25, -0.2) is 4.79 Å². The quantitative estimate of drug-likeness (QED) is 0.914. The first kappa shape index (κ1) is 17.3. The summed E-state index contributed by atoms with van der Waals surface area (Å²) in [4.78, 5) is 14.5. The van der Waals surface area contributed by atoms with Gasteiger partial charge in [0.25, 0.3) is 0 Å². The zero-order valence-corrected chi connectivity index (χ0v) is 15.3. The molecule has 1 amide bonds. The molecule has 2 aliphatic heterocycles. The highest BCUT2D eigenvalue weighted by Gasteiger charge is 2.65. The highest BCUT2D eigenvalue weighted by molar-refractivity contribution is 5.66. The third-order valence-electron chi connectivity index (χ3n) is 6.34. The molecule has 0 unspecified atom stereocenters. The number of nitrogens with two attached hydrogens (primary N) is 1. The van der Waals surface area contributed by atoms with Gasteiger partial charge in [0, 0.05) is 12.0 Å². The van der Waals surface area contributed by atoms with Crippen molar-refractivity contribution in [1.29, 1.82) is 0 Å². The van der Waals surface area contributed by atoms with Gasteiger partial charge in [-0.1, -0.05) is 51.1 Å². The van der Waals surface area contributed by atoms with E-state index in [0.29, 0.717) is 0 Å². The number of benzene rings is 1. The van der Waals surface area contributed by atoms with Gasteiger partial charge in [0.05, 0.1) is 5.54 Å². The number of hydrogen-bond acceptors (Lipinski definition) is 3. The maximum atomic E-state index is 12.0. The second-order valence-electron chi connectivity index (χ2n) is 8.57. The minimum absolute atomic E-state index is 0.212. The summed E-state index contributed by atoms with van der Waals surface area (Å²) < 4.78 is 6.11. The van der Waals surface area contributed by atoms with Gasteiger partial charge in [0.2, 0.25) is 0 Å². The van der Waals surface area contributed by atoms with Crippen LogP contribution in [0.4, 0.5) is 4.79 Å². The second-order valence-corrected chi connectivity index (χ2v) is 8.57. The predicted octanol–water partition coefficient (Wildman–Crippen LogP) is 3.90. The van der Waals surface area contributed by atoms with E-state index in [0.717, 1.165) is 30.9 Å². The summed E-state index contributed by atoms with van der Waals surface area (Å²) in [5.41, 5.74) is 5.38. The molecule has 3 aliphatic rings. The molecular formula is C20H30N2O2. The number of ether oxygens (including phenoxy) is 1. The van der Waals surface area contributed by atoms with Crippen molar-refractivity contribution in [3.05, 3.63) is 35.9 Å². The summed E-state index contributed by atoms with van der Waals surface area (Å²) in [5.74, 6) is 0.763. The van der Waals surface area contributed by atoms with Gasteiger partial charge < -0.3 is 10.5 Å². The molecule has 1 aliphatic carbocycles. The molecule has 0 aromatic heterocycles. The largest absolute Gasteiger partial charge is 0.436 e. The fourth-order valence-corrected chi connectivity index (χ4v) is 5.43. The second kappa shape index (κ2) is 5.76. The number of rotatable bonds is 3. The molecule has 1 atom stereocenters. The van der Waals surface area contributed by atoms with Crippen LogP contribution in [0.3, 0.4) is 0 Å². The Morgan fingerprint density at radius 2 is 1.79 bits per heavy atom. The maximum Gasteiger partial charge on any atom is 0.405 e. The van der Waals surface area contributed by atoms with Crippen LogP contribution in [-0.2, 0) is 10.3 Å². The summed E-state index contributed by atoms with van der Waals surface area (Å²) in [7, 11) is 2.18. The topological polar surface area (TPSA) is 55.6 Å². The zero-order chi connectivity index (χ0) is 17.6. The van der Waals surface area contributed by atoms with Crippen LogP contribution in [0.1, 0.15) is 52.0 Å². The number of nitrogens with zero attached hydrogens (tertiary/aromatic N) is 1. The summed E-state index contributed by atoms with van der Waals surface area (Å²) >= 11 is 0. The van der Waals surface area contributed by atoms with Gasteiger partial charge >= 0.3 is 6.09 Å². The minimum Gasteiger partial charge on any atom is -0.436 e. The molecule has 1 aromatic carbocycles. The molecule has 132 valence electrons. The van der Waals surface area contributed by atoms with Crippen LogP contribution in [0.2, 0.25) is 0 Å². The van der Waals surface area contributed by atoms with Gasteiger partial charge in [0.15, 0.2) is 5.60 Å². The minimum atomic E-state index is -0.771. The van der Waals surface area contributed by atoms with E-state index >= 15 is 0 Å². The highest BCUT2D eigenvalue weighted by atomic mass is 16.6. The smallest absolute Gasteiger partial charge is 0.405 e. The summed E-state index contributed by atoms with van der Waals surface area (Å²) in [6, 6.07) is 10.2. The van der Waals surface area contributed by atoms with E-state index in [1.165, 1.54) is 12.8 Å². The zero-order valence-electron chi connectivity index (χ0n) is 15.3. The van der Waals surface area contributed by atoms with E-state index in [2.05, 4.69) is 44.9 Å². The maximum absolute atomic E-state index is 12.0. The van der Waals surface area contributed by atoms with E-state index in [1.54, 1.807) is 0 Å². The van der Waals surface area contributed by atoms with Crippen molar-refractivity contribution in [3.63, 3.8) is 0 Å². The molecule has 0 spiro atoms. The van der Waals surface area contributed by atoms with Crippen LogP contribution >= 0.6 is 0 Å². The summed E-state index contributed by atoms with van der Waals surface area (Å²) in [5, 5.41) is 0. The molecule has 2 N–H and O–H groups in total. The number of piperidine rings is 2. The van der Waals surface area contributed by atoms with Gasteiger partial charge in [-0.2, -0.15) is 0 Å². The Hall–Kier alpha value is -1.55. The Balaban J connectivity index is 2.26. The molecule has 4 rings (SSSR count). The van der Waals surface area contributed by atoms with Gasteiger partial charge in [-0.3, -0.25) is 4.90 Å². The number of fused-ring (bicyclic) bond motifs is 3. The van der Waals surface area contributed by atoms with Crippen LogP contribution in [0.25, 0.3) is 0 Å². The molecule has 2 bridgehead atoms. The number of hydrogen-bond donors (Lipinski definition) is 1. The van der Waals surface area contributed by atoms with Gasteiger partial charge in [-0.05, 0) is 44.2 Å². The van der Waals surface area contributed by atoms with Crippen LogP contribution in [0.15, 0.2) is 30.3 Å². The van der Waals surface area contributed by atoms with E-state index in [4.69, 9.17) is 10.5 Å². The lowest BCUT2D eigenvalue weighted by Gasteiger charge is -2.64. The standard InChI is InChI=1S/C20H30N2O2/c1-18(2,3)20(24-17(21)23,16-8-6-5-7-9-16)19-12-10-15(11-13-19)14-22(19)4/h5-9,15H,10-14H2,1-4H3,(H2,21,23)/t15?,19?,20-/m0/s1. The molecular weight excluding hydrogens is 300 g/mol. The van der Waals surface area contributed by atoms with Crippen molar-refractivity contribution in [2.75, 3.05) is 13.6 Å². The average Bonchev–Trinajstić information content (AvgIpc) is 2.53. The molecule has 0 radical (unpaired) electrons. The van der Waals surface area contributed by atoms with E-state index in [9.17, 15) is 4.79 Å². The lowest BCUT2D eigenvalue weighted by molar-refractivity contribution is -0.210. The Bertz CT molecular complexity index is 600. The molecule has 3 fully saturated rings. The Labute approximate surface area is 145 Å². The van der Waals surface area contributed by atoms with Crippen molar-refractivity contribution in [2.45, 2.75) is 57.6 Å². The summed E-state index contributed by atoms with van der Waals surface area (Å²) in [6.45, 7) is 7.54. The number of carbonyl (C=O) groups is 1. The molecule has 1 saturated carbocycles. The lowest BCUT2D eigenvalue weighted by Crippen LogP contribution is -2.72. The normalized spacial score (nSPS) is 29.9. The molecule has 2 saturated heterocycles. The molecule has 24 heavy (non-hydrogen) atoms. The van der Waals surface area contributed by atoms with Gasteiger partial charge in [-0.15, -0.1) is 0 Å². The summed E-state index contributed by atoms with van der Waals surface area (Å²) in [6.07, 6.45) is 3.76. The van der Waals surface area contributed by atoms with E-state index in [1.807, 2.05) is 18.2 Å². The predicted molar refractivity (Wildman–Crippen MR) is 95.6 cm³/mol. The van der Waals surface area contributed by atoms with Gasteiger partial charge in [0.1, 0.15) is 0 Å². The van der Waals surface area contributed by atoms with Crippen molar-refractivity contribution in [2.24, 2.45) is 17.1 Å².